The van der Waals surface area contributed by atoms with E-state index in [2.05, 4.69) is 5.10 Å². The second-order valence-corrected chi connectivity index (χ2v) is 8.33. The monoisotopic (exact) mass is 370 g/mol. The van der Waals surface area contributed by atoms with Crippen LogP contribution in [0.4, 0.5) is 0 Å². The van der Waals surface area contributed by atoms with Crippen molar-refractivity contribution in [3.63, 3.8) is 0 Å². The van der Waals surface area contributed by atoms with E-state index in [1.807, 2.05) is 19.1 Å². The largest absolute Gasteiger partial charge is 0.277 e. The highest BCUT2D eigenvalue weighted by molar-refractivity contribution is 7.90. The number of hydrogen-bond donors (Lipinski definition) is 0. The first-order valence-electron chi connectivity index (χ1n) is 8.11. The summed E-state index contributed by atoms with van der Waals surface area (Å²) in [7, 11) is -0.327. The van der Waals surface area contributed by atoms with Gasteiger partial charge < -0.3 is 0 Å². The number of fused-ring (bicyclic) bond motifs is 3. The average Bonchev–Trinajstić information content (AvgIpc) is 3.11. The van der Waals surface area contributed by atoms with Gasteiger partial charge in [0.05, 0.1) is 4.90 Å². The molecule has 2 aromatic carbocycles. The summed E-state index contributed by atoms with van der Waals surface area (Å²) in [6.07, 6.45) is -0.851. The smallest absolute Gasteiger partial charge is 0.270 e. The summed E-state index contributed by atoms with van der Waals surface area (Å²) >= 11 is 0. The first-order chi connectivity index (χ1) is 12.3. The molecule has 0 N–H and O–H groups in total. The normalized spacial score (nSPS) is 20.2. The topological polar surface area (TPSA) is 73.3 Å². The molecule has 0 bridgehead atoms. The lowest BCUT2D eigenvalue weighted by molar-refractivity contribution is 0.0341. The molecule has 0 unspecified atom stereocenters. The van der Waals surface area contributed by atoms with E-state index < -0.39 is 16.3 Å². The molecule has 8 heteroatoms. The van der Waals surface area contributed by atoms with Crippen molar-refractivity contribution in [3.8, 4) is 0 Å². The minimum Gasteiger partial charge on any atom is -0.270 e. The maximum Gasteiger partial charge on any atom is 0.277 e. The number of nitrogens with zero attached hydrogens (tertiary/aromatic N) is 4. The number of amides is 1. The Hall–Kier alpha value is -2.71. The Bertz CT molecular complexity index is 1030. The zero-order chi connectivity index (χ0) is 18.6. The van der Waals surface area contributed by atoms with Gasteiger partial charge in [-0.25, -0.2) is 12.7 Å². The van der Waals surface area contributed by atoms with E-state index in [0.717, 1.165) is 5.56 Å². The maximum atomic E-state index is 13.0. The second kappa shape index (κ2) is 5.65. The van der Waals surface area contributed by atoms with Gasteiger partial charge in [-0.15, -0.1) is 5.10 Å². The quantitative estimate of drug-likeness (QED) is 0.806. The average molecular weight is 370 g/mol. The summed E-state index contributed by atoms with van der Waals surface area (Å²) in [4.78, 5) is 14.9. The molecule has 0 aromatic heterocycles. The molecule has 7 nitrogen and oxygen atoms in total. The number of rotatable bonds is 2. The van der Waals surface area contributed by atoms with Gasteiger partial charge in [0.2, 0.25) is 0 Å². The predicted molar refractivity (Wildman–Crippen MR) is 96.8 cm³/mol. The van der Waals surface area contributed by atoms with Crippen molar-refractivity contribution >= 4 is 21.8 Å². The molecule has 0 saturated heterocycles. The number of aryl methyl sites for hydroxylation is 1. The van der Waals surface area contributed by atoms with Gasteiger partial charge in [-0.3, -0.25) is 9.69 Å². The number of sulfonamides is 1. The number of hydrogen-bond acceptors (Lipinski definition) is 5. The highest BCUT2D eigenvalue weighted by Crippen LogP contribution is 2.38. The molecule has 134 valence electrons. The van der Waals surface area contributed by atoms with Gasteiger partial charge in [0.15, 0.2) is 12.1 Å². The zero-order valence-electron chi connectivity index (χ0n) is 14.6. The molecule has 0 saturated carbocycles. The molecule has 0 aliphatic carbocycles. The lowest BCUT2D eigenvalue weighted by atomic mass is 10.1. The van der Waals surface area contributed by atoms with Gasteiger partial charge in [-0.2, -0.15) is 5.01 Å². The van der Waals surface area contributed by atoms with Crippen molar-refractivity contribution in [1.29, 1.82) is 0 Å². The van der Waals surface area contributed by atoms with E-state index in [9.17, 15) is 13.2 Å². The first-order valence-corrected chi connectivity index (χ1v) is 9.55. The summed E-state index contributed by atoms with van der Waals surface area (Å²) in [6.45, 7) is 1.94. The van der Waals surface area contributed by atoms with Crippen LogP contribution in [0.1, 0.15) is 21.5 Å². The van der Waals surface area contributed by atoms with E-state index in [4.69, 9.17) is 0 Å². The predicted octanol–water partition coefficient (Wildman–Crippen LogP) is 1.66. The highest BCUT2D eigenvalue weighted by atomic mass is 32.2. The summed E-state index contributed by atoms with van der Waals surface area (Å²) in [6, 6.07) is 13.8. The molecule has 4 rings (SSSR count). The van der Waals surface area contributed by atoms with Crippen LogP contribution >= 0.6 is 0 Å². The van der Waals surface area contributed by atoms with Crippen LogP contribution in [0.5, 0.6) is 0 Å². The summed E-state index contributed by atoms with van der Waals surface area (Å²) in [5.74, 6) is -0.0713. The molecule has 0 fully saturated rings. The molecule has 2 aliphatic rings. The van der Waals surface area contributed by atoms with Gasteiger partial charge >= 0.3 is 0 Å². The van der Waals surface area contributed by atoms with Gasteiger partial charge in [0.25, 0.3) is 15.9 Å². The lowest BCUT2D eigenvalue weighted by Gasteiger charge is -2.32. The molecule has 1 amide bonds. The van der Waals surface area contributed by atoms with E-state index in [-0.39, 0.29) is 16.6 Å². The molecule has 0 radical (unpaired) electrons. The van der Waals surface area contributed by atoms with Crippen LogP contribution in [0.3, 0.4) is 0 Å². The molecule has 2 aliphatic heterocycles. The number of amidine groups is 1. The summed E-state index contributed by atoms with van der Waals surface area (Å²) in [5, 5.41) is 5.62. The van der Waals surface area contributed by atoms with Crippen LogP contribution in [0.2, 0.25) is 0 Å². The minimum absolute atomic E-state index is 0.216. The molecule has 2 aromatic rings. The fourth-order valence-electron chi connectivity index (χ4n) is 3.21. The summed E-state index contributed by atoms with van der Waals surface area (Å²) in [5.41, 5.74) is 2.01. The highest BCUT2D eigenvalue weighted by Gasteiger charge is 2.52. The van der Waals surface area contributed by atoms with Gasteiger partial charge in [0.1, 0.15) is 0 Å². The molecular weight excluding hydrogens is 352 g/mol. The number of carbonyl (C=O) groups is 1. The van der Waals surface area contributed by atoms with Crippen molar-refractivity contribution in [2.45, 2.75) is 18.1 Å². The fourth-order valence-corrected chi connectivity index (χ4v) is 4.99. The van der Waals surface area contributed by atoms with Crippen LogP contribution < -0.4 is 0 Å². The minimum atomic E-state index is -3.77. The standard InChI is InChI=1S/C18H18N4O3S/c1-12-8-10-13(11-9-12)17(23)21-18(20(2)3)22-16(19-21)14-6-4-5-7-15(14)26(22,24)25/h4-11,18H,1-3H3/t18-/m1/s1. The molecule has 2 heterocycles. The van der Waals surface area contributed by atoms with E-state index in [0.29, 0.717) is 11.1 Å². The van der Waals surface area contributed by atoms with Gasteiger partial charge in [-0.1, -0.05) is 29.8 Å². The molecule has 0 spiro atoms. The first kappa shape index (κ1) is 16.7. The Morgan fingerprint density at radius 3 is 2.38 bits per heavy atom. The molecule has 26 heavy (non-hydrogen) atoms. The molecular formula is C18H18N4O3S. The number of carbonyl (C=O) groups excluding carboxylic acids is 1. The zero-order valence-corrected chi connectivity index (χ0v) is 15.4. The number of benzene rings is 2. The van der Waals surface area contributed by atoms with Gasteiger partial charge in [0, 0.05) is 11.1 Å². The van der Waals surface area contributed by atoms with Crippen LogP contribution in [-0.2, 0) is 10.0 Å². The summed E-state index contributed by atoms with van der Waals surface area (Å²) < 4.78 is 27.2. The van der Waals surface area contributed by atoms with Crippen LogP contribution in [-0.4, -0.2) is 54.8 Å². The Morgan fingerprint density at radius 1 is 1.08 bits per heavy atom. The van der Waals surface area contributed by atoms with Crippen molar-refractivity contribution in [2.24, 2.45) is 5.10 Å². The third-order valence-corrected chi connectivity index (χ3v) is 6.26. The Balaban J connectivity index is 1.84. The van der Waals surface area contributed by atoms with Crippen LogP contribution in [0, 0.1) is 6.92 Å². The lowest BCUT2D eigenvalue weighted by Crippen LogP contribution is -2.53. The van der Waals surface area contributed by atoms with E-state index in [1.165, 1.54) is 9.31 Å². The van der Waals surface area contributed by atoms with Crippen molar-refractivity contribution in [2.75, 3.05) is 14.1 Å². The fraction of sp³-hybridized carbons (Fsp3) is 0.222. The third kappa shape index (κ3) is 2.26. The van der Waals surface area contributed by atoms with Crippen molar-refractivity contribution < 1.29 is 13.2 Å². The van der Waals surface area contributed by atoms with E-state index in [1.54, 1.807) is 55.4 Å². The maximum absolute atomic E-state index is 13.0. The second-order valence-electron chi connectivity index (χ2n) is 6.55. The van der Waals surface area contributed by atoms with Crippen molar-refractivity contribution in [3.05, 3.63) is 65.2 Å². The molecule has 1 atom stereocenters. The Labute approximate surface area is 152 Å². The SMILES string of the molecule is Cc1ccc(C(=O)N2N=C3c4ccccc4S(=O)(=O)N3[C@@H]2N(C)C)cc1. The third-order valence-electron chi connectivity index (χ3n) is 4.47. The van der Waals surface area contributed by atoms with Crippen molar-refractivity contribution in [1.82, 2.24) is 14.2 Å². The Morgan fingerprint density at radius 2 is 1.73 bits per heavy atom. The van der Waals surface area contributed by atoms with Crippen LogP contribution in [0.25, 0.3) is 0 Å². The van der Waals surface area contributed by atoms with Gasteiger partial charge in [-0.05, 0) is 45.3 Å². The Kier molecular flexibility index (Phi) is 3.64. The van der Waals surface area contributed by atoms with E-state index >= 15 is 0 Å². The van der Waals surface area contributed by atoms with Crippen LogP contribution in [0.15, 0.2) is 58.5 Å². The number of hydrazone groups is 1.